The molecule has 1 saturated carbocycles. The fraction of sp³-hybridized carbons (Fsp3) is 0.769. The molecule has 90 valence electrons. The van der Waals surface area contributed by atoms with Crippen LogP contribution in [0.15, 0.2) is 5.51 Å². The fourth-order valence-corrected chi connectivity index (χ4v) is 3.30. The van der Waals surface area contributed by atoms with Crippen LogP contribution in [0.2, 0.25) is 0 Å². The highest BCUT2D eigenvalue weighted by Gasteiger charge is 2.29. The van der Waals surface area contributed by atoms with E-state index in [4.69, 9.17) is 5.73 Å². The van der Waals surface area contributed by atoms with Crippen LogP contribution in [0.1, 0.15) is 49.6 Å². The molecule has 2 N–H and O–H groups in total. The first-order chi connectivity index (χ1) is 7.59. The molecule has 0 unspecified atom stereocenters. The van der Waals surface area contributed by atoms with Crippen molar-refractivity contribution in [2.75, 3.05) is 0 Å². The van der Waals surface area contributed by atoms with E-state index in [-0.39, 0.29) is 5.54 Å². The van der Waals surface area contributed by atoms with Crippen molar-refractivity contribution in [1.82, 2.24) is 4.98 Å². The third-order valence-electron chi connectivity index (χ3n) is 3.96. The van der Waals surface area contributed by atoms with Gasteiger partial charge in [-0.3, -0.25) is 0 Å². The molecule has 0 radical (unpaired) electrons. The lowest BCUT2D eigenvalue weighted by Crippen LogP contribution is -2.43. The zero-order chi connectivity index (χ0) is 11.6. The van der Waals surface area contributed by atoms with Crippen LogP contribution in [0.4, 0.5) is 0 Å². The number of aromatic nitrogens is 1. The Labute approximate surface area is 102 Å². The average molecular weight is 238 g/mol. The Kier molecular flexibility index (Phi) is 3.65. The SMILES string of the molecule is Cc1ncsc1CCC1(N)CCC(C)CC1. The zero-order valence-electron chi connectivity index (χ0n) is 10.3. The number of nitrogens with zero attached hydrogens (tertiary/aromatic N) is 1. The summed E-state index contributed by atoms with van der Waals surface area (Å²) in [4.78, 5) is 5.71. The van der Waals surface area contributed by atoms with Crippen LogP contribution in [0.3, 0.4) is 0 Å². The van der Waals surface area contributed by atoms with Crippen molar-refractivity contribution in [3.05, 3.63) is 16.1 Å². The van der Waals surface area contributed by atoms with E-state index in [1.165, 1.54) is 36.3 Å². The maximum Gasteiger partial charge on any atom is 0.0797 e. The van der Waals surface area contributed by atoms with E-state index in [1.54, 1.807) is 11.3 Å². The maximum absolute atomic E-state index is 6.47. The van der Waals surface area contributed by atoms with Crippen LogP contribution in [-0.4, -0.2) is 10.5 Å². The van der Waals surface area contributed by atoms with E-state index >= 15 is 0 Å². The Hall–Kier alpha value is -0.410. The number of hydrogen-bond donors (Lipinski definition) is 1. The summed E-state index contributed by atoms with van der Waals surface area (Å²) in [5.41, 5.74) is 9.71. The van der Waals surface area contributed by atoms with Gasteiger partial charge in [0, 0.05) is 10.4 Å². The summed E-state index contributed by atoms with van der Waals surface area (Å²) in [5, 5.41) is 0. The van der Waals surface area contributed by atoms with E-state index in [9.17, 15) is 0 Å². The molecule has 1 heterocycles. The van der Waals surface area contributed by atoms with Gasteiger partial charge in [-0.2, -0.15) is 0 Å². The van der Waals surface area contributed by atoms with E-state index in [0.29, 0.717) is 0 Å². The second-order valence-electron chi connectivity index (χ2n) is 5.41. The molecule has 1 aromatic rings. The van der Waals surface area contributed by atoms with Gasteiger partial charge in [0.05, 0.1) is 11.2 Å². The summed E-state index contributed by atoms with van der Waals surface area (Å²) >= 11 is 1.77. The molecule has 0 amide bonds. The molecule has 1 aliphatic carbocycles. The van der Waals surface area contributed by atoms with E-state index in [1.807, 2.05) is 5.51 Å². The number of aryl methyl sites for hydroxylation is 2. The van der Waals surface area contributed by atoms with Crippen LogP contribution >= 0.6 is 11.3 Å². The lowest BCUT2D eigenvalue weighted by Gasteiger charge is -2.36. The molecule has 0 aliphatic heterocycles. The zero-order valence-corrected chi connectivity index (χ0v) is 11.1. The quantitative estimate of drug-likeness (QED) is 0.877. The average Bonchev–Trinajstić information content (AvgIpc) is 2.67. The van der Waals surface area contributed by atoms with Gasteiger partial charge in [-0.05, 0) is 51.4 Å². The third kappa shape index (κ3) is 2.83. The molecule has 0 atom stereocenters. The van der Waals surface area contributed by atoms with Gasteiger partial charge in [-0.1, -0.05) is 6.92 Å². The largest absolute Gasteiger partial charge is 0.325 e. The molecule has 1 aliphatic rings. The van der Waals surface area contributed by atoms with Crippen molar-refractivity contribution in [3.63, 3.8) is 0 Å². The molecule has 0 saturated heterocycles. The summed E-state index contributed by atoms with van der Waals surface area (Å²) in [6, 6.07) is 0. The van der Waals surface area contributed by atoms with Gasteiger partial charge in [0.25, 0.3) is 0 Å². The smallest absolute Gasteiger partial charge is 0.0797 e. The van der Waals surface area contributed by atoms with Gasteiger partial charge in [0.2, 0.25) is 0 Å². The summed E-state index contributed by atoms with van der Waals surface area (Å²) in [7, 11) is 0. The molecule has 16 heavy (non-hydrogen) atoms. The Morgan fingerprint density at radius 1 is 1.50 bits per heavy atom. The number of nitrogens with two attached hydrogens (primary N) is 1. The van der Waals surface area contributed by atoms with Crippen molar-refractivity contribution in [3.8, 4) is 0 Å². The molecule has 0 bridgehead atoms. The highest BCUT2D eigenvalue weighted by Crippen LogP contribution is 2.33. The first kappa shape index (κ1) is 12.1. The Morgan fingerprint density at radius 2 is 2.19 bits per heavy atom. The van der Waals surface area contributed by atoms with Gasteiger partial charge in [0.15, 0.2) is 0 Å². The predicted molar refractivity (Wildman–Crippen MR) is 69.7 cm³/mol. The molecule has 0 aromatic carbocycles. The summed E-state index contributed by atoms with van der Waals surface area (Å²) in [6.07, 6.45) is 7.25. The normalized spacial score (nSPS) is 30.6. The van der Waals surface area contributed by atoms with Gasteiger partial charge in [0.1, 0.15) is 0 Å². The van der Waals surface area contributed by atoms with Crippen molar-refractivity contribution in [2.45, 2.75) is 57.9 Å². The minimum atomic E-state index is 0.100. The summed E-state index contributed by atoms with van der Waals surface area (Å²) in [5.74, 6) is 0.877. The maximum atomic E-state index is 6.47. The number of rotatable bonds is 3. The van der Waals surface area contributed by atoms with Gasteiger partial charge in [-0.15, -0.1) is 11.3 Å². The van der Waals surface area contributed by atoms with Gasteiger partial charge < -0.3 is 5.73 Å². The first-order valence-corrected chi connectivity index (χ1v) is 7.15. The fourth-order valence-electron chi connectivity index (χ4n) is 2.52. The van der Waals surface area contributed by atoms with Gasteiger partial charge >= 0.3 is 0 Å². The molecule has 3 heteroatoms. The molecular formula is C13H22N2S. The minimum absolute atomic E-state index is 0.100. The lowest BCUT2D eigenvalue weighted by atomic mass is 9.75. The van der Waals surface area contributed by atoms with Gasteiger partial charge in [-0.25, -0.2) is 4.98 Å². The third-order valence-corrected chi connectivity index (χ3v) is 4.96. The van der Waals surface area contributed by atoms with Crippen LogP contribution in [-0.2, 0) is 6.42 Å². The molecule has 2 nitrogen and oxygen atoms in total. The second kappa shape index (κ2) is 4.84. The van der Waals surface area contributed by atoms with Crippen LogP contribution in [0.5, 0.6) is 0 Å². The molecule has 0 spiro atoms. The van der Waals surface area contributed by atoms with Crippen molar-refractivity contribution >= 4 is 11.3 Å². The van der Waals surface area contributed by atoms with Crippen molar-refractivity contribution in [1.29, 1.82) is 0 Å². The van der Waals surface area contributed by atoms with Crippen molar-refractivity contribution < 1.29 is 0 Å². The van der Waals surface area contributed by atoms with Crippen LogP contribution < -0.4 is 5.73 Å². The monoisotopic (exact) mass is 238 g/mol. The van der Waals surface area contributed by atoms with E-state index in [2.05, 4.69) is 18.8 Å². The standard InChI is InChI=1S/C13H22N2S/c1-10-3-6-13(14,7-4-10)8-5-12-11(2)15-9-16-12/h9-10H,3-8,14H2,1-2H3. The second-order valence-corrected chi connectivity index (χ2v) is 6.35. The number of hydrogen-bond acceptors (Lipinski definition) is 3. The number of thiazole rings is 1. The minimum Gasteiger partial charge on any atom is -0.325 e. The van der Waals surface area contributed by atoms with Crippen LogP contribution in [0.25, 0.3) is 0 Å². The summed E-state index contributed by atoms with van der Waals surface area (Å²) in [6.45, 7) is 4.44. The van der Waals surface area contributed by atoms with E-state index in [0.717, 1.165) is 18.8 Å². The predicted octanol–water partition coefficient (Wildman–Crippen LogP) is 3.29. The lowest BCUT2D eigenvalue weighted by molar-refractivity contribution is 0.232. The Morgan fingerprint density at radius 3 is 2.75 bits per heavy atom. The highest BCUT2D eigenvalue weighted by molar-refractivity contribution is 7.09. The molecule has 1 fully saturated rings. The summed E-state index contributed by atoms with van der Waals surface area (Å²) < 4.78 is 0. The van der Waals surface area contributed by atoms with Crippen LogP contribution in [0, 0.1) is 12.8 Å². The highest BCUT2D eigenvalue weighted by atomic mass is 32.1. The Bertz CT molecular complexity index is 337. The topological polar surface area (TPSA) is 38.9 Å². The molecular weight excluding hydrogens is 216 g/mol. The van der Waals surface area contributed by atoms with Crippen molar-refractivity contribution in [2.24, 2.45) is 11.7 Å². The Balaban J connectivity index is 1.88. The molecule has 2 rings (SSSR count). The molecule has 1 aromatic heterocycles. The van der Waals surface area contributed by atoms with E-state index < -0.39 is 0 Å². The first-order valence-electron chi connectivity index (χ1n) is 6.27.